The summed E-state index contributed by atoms with van der Waals surface area (Å²) in [4.78, 5) is 79.9. The smallest absolute Gasteiger partial charge is 0.408 e. The van der Waals surface area contributed by atoms with E-state index in [0.29, 0.717) is 18.4 Å². The summed E-state index contributed by atoms with van der Waals surface area (Å²) in [6.07, 6.45) is -1.51. The molecule has 12 nitrogen and oxygen atoms in total. The largest absolute Gasteiger partial charge is 0.480 e. The molecule has 3 unspecified atom stereocenters. The summed E-state index contributed by atoms with van der Waals surface area (Å²) in [5.74, 6) is -5.96. The molecule has 1 heterocycles. The van der Waals surface area contributed by atoms with Crippen LogP contribution < -0.4 is 16.0 Å². The normalized spacial score (nSPS) is 22.7. The molecule has 4 N–H and O–H groups in total. The molecule has 46 heavy (non-hydrogen) atoms. The summed E-state index contributed by atoms with van der Waals surface area (Å²) in [5, 5.41) is 17.2. The SMILES string of the molecule is CCCC(NC(=O)[C@@H]1[C@H]2CCC(F)C2CN1C(=O)[C@@H](NC(=O)OC(C)C)C(C)(C)C)C(=O)C(=O)N[C@H](Cc1ccccc1)C(=O)O. The van der Waals surface area contributed by atoms with E-state index < -0.39 is 89.3 Å². The van der Waals surface area contributed by atoms with E-state index in [-0.39, 0.29) is 25.8 Å². The molecule has 2 aliphatic rings. The number of amides is 4. The Bertz CT molecular complexity index is 1280. The summed E-state index contributed by atoms with van der Waals surface area (Å²) in [5.41, 5.74) is -0.162. The Balaban J connectivity index is 1.82. The van der Waals surface area contributed by atoms with Gasteiger partial charge >= 0.3 is 12.1 Å². The van der Waals surface area contributed by atoms with Crippen molar-refractivity contribution in [3.05, 3.63) is 35.9 Å². The molecule has 0 aromatic heterocycles. The highest BCUT2D eigenvalue weighted by molar-refractivity contribution is 6.38. The van der Waals surface area contributed by atoms with Gasteiger partial charge < -0.3 is 30.7 Å². The number of rotatable bonds is 13. The number of likely N-dealkylation sites (tertiary alicyclic amines) is 1. The number of carboxylic acid groups (broad SMARTS) is 1. The van der Waals surface area contributed by atoms with Crippen LogP contribution in [0.3, 0.4) is 0 Å². The average Bonchev–Trinajstić information content (AvgIpc) is 3.53. The van der Waals surface area contributed by atoms with Crippen molar-refractivity contribution in [3.63, 3.8) is 0 Å². The van der Waals surface area contributed by atoms with Crippen molar-refractivity contribution in [3.8, 4) is 0 Å². The lowest BCUT2D eigenvalue weighted by molar-refractivity contribution is -0.146. The van der Waals surface area contributed by atoms with Crippen LogP contribution in [0.2, 0.25) is 0 Å². The van der Waals surface area contributed by atoms with Gasteiger partial charge in [-0.15, -0.1) is 0 Å². The lowest BCUT2D eigenvalue weighted by Gasteiger charge is -2.36. The zero-order chi connectivity index (χ0) is 34.3. The number of aliphatic carboxylic acids is 1. The van der Waals surface area contributed by atoms with Crippen molar-refractivity contribution < 1.29 is 43.0 Å². The number of benzene rings is 1. The van der Waals surface area contributed by atoms with Crippen molar-refractivity contribution >= 4 is 35.6 Å². The molecule has 1 aliphatic heterocycles. The minimum Gasteiger partial charge on any atom is -0.480 e. The number of fused-ring (bicyclic) bond motifs is 1. The Morgan fingerprint density at radius 3 is 2.20 bits per heavy atom. The van der Waals surface area contributed by atoms with E-state index >= 15 is 0 Å². The number of ether oxygens (including phenoxy) is 1. The molecule has 0 radical (unpaired) electrons. The number of hydrogen-bond donors (Lipinski definition) is 4. The highest BCUT2D eigenvalue weighted by Crippen LogP contribution is 2.44. The Hall–Kier alpha value is -4.03. The predicted molar refractivity (Wildman–Crippen MR) is 166 cm³/mol. The van der Waals surface area contributed by atoms with Crippen LogP contribution in [0.4, 0.5) is 9.18 Å². The van der Waals surface area contributed by atoms with E-state index in [2.05, 4.69) is 16.0 Å². The molecule has 4 amide bonds. The Kier molecular flexibility index (Phi) is 12.3. The van der Waals surface area contributed by atoms with Gasteiger partial charge in [0.2, 0.25) is 17.6 Å². The lowest BCUT2D eigenvalue weighted by atomic mass is 9.85. The summed E-state index contributed by atoms with van der Waals surface area (Å²) in [7, 11) is 0. The molecule has 1 aromatic carbocycles. The zero-order valence-electron chi connectivity index (χ0n) is 27.4. The second-order valence-electron chi connectivity index (χ2n) is 13.5. The molecule has 7 atom stereocenters. The van der Waals surface area contributed by atoms with Gasteiger partial charge in [-0.05, 0) is 50.0 Å². The van der Waals surface area contributed by atoms with Crippen LogP contribution in [0.5, 0.6) is 0 Å². The number of Topliss-reactive ketones (excluding diaryl/α,β-unsaturated/α-hetero) is 1. The molecule has 13 heteroatoms. The summed E-state index contributed by atoms with van der Waals surface area (Å²) < 4.78 is 20.2. The van der Waals surface area contributed by atoms with E-state index in [1.165, 1.54) is 4.90 Å². The predicted octanol–water partition coefficient (Wildman–Crippen LogP) is 2.78. The molecular weight excluding hydrogens is 599 g/mol. The third kappa shape index (κ3) is 9.03. The average molecular weight is 647 g/mol. The molecule has 1 aliphatic carbocycles. The Morgan fingerprint density at radius 2 is 1.63 bits per heavy atom. The van der Waals surface area contributed by atoms with E-state index in [1.54, 1.807) is 71.9 Å². The summed E-state index contributed by atoms with van der Waals surface area (Å²) >= 11 is 0. The van der Waals surface area contributed by atoms with Gasteiger partial charge in [-0.2, -0.15) is 0 Å². The number of nitrogens with one attached hydrogen (secondary N) is 3. The fourth-order valence-electron chi connectivity index (χ4n) is 6.26. The number of carbonyl (C=O) groups is 6. The van der Waals surface area contributed by atoms with Crippen molar-refractivity contribution in [2.45, 2.75) is 110 Å². The summed E-state index contributed by atoms with van der Waals surface area (Å²) in [6.45, 7) is 10.3. The molecule has 1 saturated heterocycles. The fraction of sp³-hybridized carbons (Fsp3) is 0.636. The second kappa shape index (κ2) is 15.5. The number of carboxylic acids is 1. The third-order valence-corrected chi connectivity index (χ3v) is 8.53. The van der Waals surface area contributed by atoms with Crippen molar-refractivity contribution in [2.24, 2.45) is 17.3 Å². The lowest BCUT2D eigenvalue weighted by Crippen LogP contribution is -2.60. The highest BCUT2D eigenvalue weighted by atomic mass is 19.1. The fourth-order valence-corrected chi connectivity index (χ4v) is 6.26. The number of alkyl carbamates (subject to hydrolysis) is 1. The van der Waals surface area contributed by atoms with Crippen molar-refractivity contribution in [1.82, 2.24) is 20.9 Å². The van der Waals surface area contributed by atoms with Crippen LogP contribution in [0.25, 0.3) is 0 Å². The maximum Gasteiger partial charge on any atom is 0.408 e. The standard InChI is InChI=1S/C33H47FN4O8/c1-7-11-23(26(39)29(41)36-24(31(43)44)16-19-12-9-8-10-13-19)35-28(40)25-20-14-15-22(34)21(20)17-38(25)30(42)27(33(4,5)6)37-32(45)46-18(2)3/h8-10,12-13,18,20-25,27H,7,11,14-17H2,1-6H3,(H,35,40)(H,36,41)(H,37,45)(H,43,44)/t20-,21?,22?,23?,24+,25-,27+/m0/s1. The topological polar surface area (TPSA) is 171 Å². The molecular formula is C33H47FN4O8. The molecule has 3 rings (SSSR count). The van der Waals surface area contributed by atoms with E-state index in [1.807, 2.05) is 0 Å². The highest BCUT2D eigenvalue weighted by Gasteiger charge is 2.55. The Morgan fingerprint density at radius 1 is 0.978 bits per heavy atom. The molecule has 254 valence electrons. The number of ketones is 1. The molecule has 1 saturated carbocycles. The molecule has 1 aromatic rings. The first-order valence-corrected chi connectivity index (χ1v) is 15.9. The number of alkyl halides is 1. The molecule has 0 bridgehead atoms. The van der Waals surface area contributed by atoms with Crippen LogP contribution in [0.1, 0.15) is 72.8 Å². The quantitative estimate of drug-likeness (QED) is 0.237. The first-order valence-electron chi connectivity index (χ1n) is 15.9. The first kappa shape index (κ1) is 36.4. The van der Waals surface area contributed by atoms with Crippen LogP contribution in [0.15, 0.2) is 30.3 Å². The molecule has 0 spiro atoms. The van der Waals surface area contributed by atoms with Crippen LogP contribution in [-0.2, 0) is 35.1 Å². The van der Waals surface area contributed by atoms with Gasteiger partial charge in [-0.3, -0.25) is 19.2 Å². The van der Waals surface area contributed by atoms with E-state index in [4.69, 9.17) is 4.74 Å². The maximum absolute atomic E-state index is 15.0. The monoisotopic (exact) mass is 646 g/mol. The second-order valence-corrected chi connectivity index (χ2v) is 13.5. The summed E-state index contributed by atoms with van der Waals surface area (Å²) in [6, 6.07) is 3.66. The van der Waals surface area contributed by atoms with Gasteiger partial charge in [-0.1, -0.05) is 64.4 Å². The van der Waals surface area contributed by atoms with E-state index in [0.717, 1.165) is 0 Å². The van der Waals surface area contributed by atoms with Crippen LogP contribution >= 0.6 is 0 Å². The maximum atomic E-state index is 15.0. The van der Waals surface area contributed by atoms with Crippen molar-refractivity contribution in [2.75, 3.05) is 6.54 Å². The van der Waals surface area contributed by atoms with Gasteiger partial charge in [0.25, 0.3) is 5.91 Å². The van der Waals surface area contributed by atoms with Gasteiger partial charge in [0, 0.05) is 18.9 Å². The number of carbonyl (C=O) groups excluding carboxylic acids is 5. The minimum atomic E-state index is -1.38. The van der Waals surface area contributed by atoms with Gasteiger partial charge in [0.1, 0.15) is 24.3 Å². The minimum absolute atomic E-state index is 0.0527. The Labute approximate surface area is 269 Å². The van der Waals surface area contributed by atoms with Crippen LogP contribution in [-0.4, -0.2) is 88.6 Å². The van der Waals surface area contributed by atoms with Crippen molar-refractivity contribution in [1.29, 1.82) is 0 Å². The van der Waals surface area contributed by atoms with Crippen LogP contribution in [0, 0.1) is 17.3 Å². The zero-order valence-corrected chi connectivity index (χ0v) is 27.4. The van der Waals surface area contributed by atoms with E-state index in [9.17, 15) is 38.3 Å². The number of hydrogen-bond acceptors (Lipinski definition) is 7. The number of nitrogens with zero attached hydrogens (tertiary/aromatic N) is 1. The number of halogens is 1. The molecule has 2 fully saturated rings. The van der Waals surface area contributed by atoms with Gasteiger partial charge in [0.05, 0.1) is 12.1 Å². The van der Waals surface area contributed by atoms with Gasteiger partial charge in [0.15, 0.2) is 0 Å². The van der Waals surface area contributed by atoms with Gasteiger partial charge in [-0.25, -0.2) is 14.0 Å². The first-order chi connectivity index (χ1) is 21.5. The third-order valence-electron chi connectivity index (χ3n) is 8.53.